The normalized spacial score (nSPS) is 10.6. The molecule has 1 heterocycles. The van der Waals surface area contributed by atoms with E-state index in [-0.39, 0.29) is 0 Å². The first-order chi connectivity index (χ1) is 8.85. The standard InChI is InChI=1S/C14H20N4/c1-3-4-7-10-16-13-11-8-5-6-9-12(11)17-14(15-2)18-13/h5-6,8-9H,3-4,7,10H2,1-2H3,(H2,15,16,17,18). The molecule has 2 N–H and O–H groups in total. The van der Waals surface area contributed by atoms with E-state index in [1.165, 1.54) is 19.3 Å². The Morgan fingerprint density at radius 1 is 1.11 bits per heavy atom. The Kier molecular flexibility index (Phi) is 4.34. The highest BCUT2D eigenvalue weighted by molar-refractivity contribution is 5.89. The topological polar surface area (TPSA) is 49.8 Å². The predicted octanol–water partition coefficient (Wildman–Crippen LogP) is 3.27. The minimum Gasteiger partial charge on any atom is -0.369 e. The van der Waals surface area contributed by atoms with Gasteiger partial charge in [0.05, 0.1) is 5.52 Å². The van der Waals surface area contributed by atoms with E-state index in [0.29, 0.717) is 5.95 Å². The molecular formula is C14H20N4. The van der Waals surface area contributed by atoms with E-state index in [4.69, 9.17) is 0 Å². The highest BCUT2D eigenvalue weighted by Gasteiger charge is 2.05. The van der Waals surface area contributed by atoms with E-state index in [1.54, 1.807) is 0 Å². The molecule has 0 saturated heterocycles. The van der Waals surface area contributed by atoms with Crippen LogP contribution >= 0.6 is 0 Å². The van der Waals surface area contributed by atoms with Crippen LogP contribution in [0.5, 0.6) is 0 Å². The first-order valence-electron chi connectivity index (χ1n) is 6.53. The molecule has 0 unspecified atom stereocenters. The molecule has 2 aromatic rings. The molecule has 0 aliphatic heterocycles. The number of hydrogen-bond donors (Lipinski definition) is 2. The van der Waals surface area contributed by atoms with Crippen LogP contribution < -0.4 is 10.6 Å². The zero-order valence-corrected chi connectivity index (χ0v) is 11.0. The fourth-order valence-corrected chi connectivity index (χ4v) is 1.90. The van der Waals surface area contributed by atoms with Crippen molar-refractivity contribution in [2.45, 2.75) is 26.2 Å². The zero-order valence-electron chi connectivity index (χ0n) is 11.0. The van der Waals surface area contributed by atoms with Crippen LogP contribution in [0.3, 0.4) is 0 Å². The molecule has 0 saturated carbocycles. The van der Waals surface area contributed by atoms with Gasteiger partial charge in [-0.05, 0) is 18.6 Å². The van der Waals surface area contributed by atoms with E-state index in [2.05, 4.69) is 33.6 Å². The molecule has 0 radical (unpaired) electrons. The van der Waals surface area contributed by atoms with Gasteiger partial charge < -0.3 is 10.6 Å². The number of nitrogens with one attached hydrogen (secondary N) is 2. The number of rotatable bonds is 6. The van der Waals surface area contributed by atoms with Gasteiger partial charge in [0.2, 0.25) is 5.95 Å². The summed E-state index contributed by atoms with van der Waals surface area (Å²) in [5.41, 5.74) is 0.967. The van der Waals surface area contributed by atoms with Crippen LogP contribution in [-0.2, 0) is 0 Å². The summed E-state index contributed by atoms with van der Waals surface area (Å²) in [5, 5.41) is 7.48. The van der Waals surface area contributed by atoms with Crippen molar-refractivity contribution in [2.24, 2.45) is 0 Å². The first kappa shape index (κ1) is 12.6. The second-order valence-corrected chi connectivity index (χ2v) is 4.30. The summed E-state index contributed by atoms with van der Waals surface area (Å²) in [4.78, 5) is 8.92. The third-order valence-electron chi connectivity index (χ3n) is 2.90. The Hall–Kier alpha value is -1.84. The number of hydrogen-bond acceptors (Lipinski definition) is 4. The molecule has 0 bridgehead atoms. The van der Waals surface area contributed by atoms with Gasteiger partial charge in [-0.1, -0.05) is 31.9 Å². The van der Waals surface area contributed by atoms with Crippen molar-refractivity contribution in [3.63, 3.8) is 0 Å². The molecule has 96 valence electrons. The van der Waals surface area contributed by atoms with E-state index < -0.39 is 0 Å². The van der Waals surface area contributed by atoms with Crippen molar-refractivity contribution in [3.8, 4) is 0 Å². The van der Waals surface area contributed by atoms with Gasteiger partial charge in [0, 0.05) is 19.0 Å². The van der Waals surface area contributed by atoms with Gasteiger partial charge in [-0.2, -0.15) is 4.98 Å². The van der Waals surface area contributed by atoms with Gasteiger partial charge in [0.1, 0.15) is 5.82 Å². The molecular weight excluding hydrogens is 224 g/mol. The monoisotopic (exact) mass is 244 g/mol. The summed E-state index contributed by atoms with van der Waals surface area (Å²) < 4.78 is 0. The van der Waals surface area contributed by atoms with Crippen molar-refractivity contribution in [1.29, 1.82) is 0 Å². The highest BCUT2D eigenvalue weighted by atomic mass is 15.1. The van der Waals surface area contributed by atoms with Crippen LogP contribution in [0.25, 0.3) is 10.9 Å². The number of fused-ring (bicyclic) bond motifs is 1. The molecule has 1 aromatic heterocycles. The van der Waals surface area contributed by atoms with Crippen LogP contribution in [0.15, 0.2) is 24.3 Å². The van der Waals surface area contributed by atoms with E-state index >= 15 is 0 Å². The first-order valence-corrected chi connectivity index (χ1v) is 6.53. The van der Waals surface area contributed by atoms with Crippen LogP contribution in [0.2, 0.25) is 0 Å². The summed E-state index contributed by atoms with van der Waals surface area (Å²) in [5.74, 6) is 1.58. The van der Waals surface area contributed by atoms with Gasteiger partial charge >= 0.3 is 0 Å². The number of anilines is 2. The molecule has 0 aliphatic carbocycles. The Balaban J connectivity index is 2.23. The maximum Gasteiger partial charge on any atom is 0.224 e. The quantitative estimate of drug-likeness (QED) is 0.766. The average molecular weight is 244 g/mol. The minimum absolute atomic E-state index is 0.659. The number of para-hydroxylation sites is 1. The SMILES string of the molecule is CCCCCNc1nc(NC)nc2ccccc12. The van der Waals surface area contributed by atoms with Gasteiger partial charge in [-0.3, -0.25) is 0 Å². The lowest BCUT2D eigenvalue weighted by Crippen LogP contribution is -2.06. The maximum absolute atomic E-state index is 4.48. The second-order valence-electron chi connectivity index (χ2n) is 4.30. The van der Waals surface area contributed by atoms with E-state index in [0.717, 1.165) is 23.3 Å². The second kappa shape index (κ2) is 6.19. The smallest absolute Gasteiger partial charge is 0.224 e. The van der Waals surface area contributed by atoms with E-state index in [9.17, 15) is 0 Å². The Morgan fingerprint density at radius 2 is 1.94 bits per heavy atom. The molecule has 4 nitrogen and oxygen atoms in total. The van der Waals surface area contributed by atoms with Gasteiger partial charge in [-0.25, -0.2) is 4.98 Å². The summed E-state index contributed by atoms with van der Waals surface area (Å²) in [6.07, 6.45) is 3.65. The number of aromatic nitrogens is 2. The van der Waals surface area contributed by atoms with Crippen LogP contribution in [0, 0.1) is 0 Å². The third-order valence-corrected chi connectivity index (χ3v) is 2.90. The molecule has 0 fully saturated rings. The molecule has 18 heavy (non-hydrogen) atoms. The molecule has 4 heteroatoms. The Morgan fingerprint density at radius 3 is 2.72 bits per heavy atom. The third kappa shape index (κ3) is 2.88. The molecule has 1 aromatic carbocycles. The van der Waals surface area contributed by atoms with Gasteiger partial charge in [0.15, 0.2) is 0 Å². The molecule has 0 amide bonds. The summed E-state index contributed by atoms with van der Waals surface area (Å²) in [6, 6.07) is 8.07. The minimum atomic E-state index is 0.659. The zero-order chi connectivity index (χ0) is 12.8. The largest absolute Gasteiger partial charge is 0.369 e. The Bertz CT molecular complexity index is 510. The van der Waals surface area contributed by atoms with Gasteiger partial charge in [-0.15, -0.1) is 0 Å². The Labute approximate surface area is 108 Å². The lowest BCUT2D eigenvalue weighted by atomic mass is 10.2. The van der Waals surface area contributed by atoms with Crippen molar-refractivity contribution in [1.82, 2.24) is 9.97 Å². The lowest BCUT2D eigenvalue weighted by molar-refractivity contribution is 0.743. The predicted molar refractivity (Wildman–Crippen MR) is 77.1 cm³/mol. The van der Waals surface area contributed by atoms with Crippen molar-refractivity contribution in [2.75, 3.05) is 24.2 Å². The molecule has 0 atom stereocenters. The number of unbranched alkanes of at least 4 members (excludes halogenated alkanes) is 2. The van der Waals surface area contributed by atoms with Crippen molar-refractivity contribution >= 4 is 22.7 Å². The molecule has 2 rings (SSSR count). The van der Waals surface area contributed by atoms with Gasteiger partial charge in [0.25, 0.3) is 0 Å². The van der Waals surface area contributed by atoms with Crippen molar-refractivity contribution < 1.29 is 0 Å². The highest BCUT2D eigenvalue weighted by Crippen LogP contribution is 2.21. The molecule has 0 aliphatic rings. The summed E-state index contributed by atoms with van der Waals surface area (Å²) in [6.45, 7) is 3.16. The average Bonchev–Trinajstić information content (AvgIpc) is 2.43. The summed E-state index contributed by atoms with van der Waals surface area (Å²) in [7, 11) is 1.84. The fraction of sp³-hybridized carbons (Fsp3) is 0.429. The van der Waals surface area contributed by atoms with E-state index in [1.807, 2.05) is 25.2 Å². The van der Waals surface area contributed by atoms with Crippen LogP contribution in [0.4, 0.5) is 11.8 Å². The van der Waals surface area contributed by atoms with Crippen LogP contribution in [0.1, 0.15) is 26.2 Å². The van der Waals surface area contributed by atoms with Crippen LogP contribution in [-0.4, -0.2) is 23.6 Å². The summed E-state index contributed by atoms with van der Waals surface area (Å²) >= 11 is 0. The van der Waals surface area contributed by atoms with Crippen molar-refractivity contribution in [3.05, 3.63) is 24.3 Å². The lowest BCUT2D eigenvalue weighted by Gasteiger charge is -2.10. The number of benzene rings is 1. The maximum atomic E-state index is 4.48. The fourth-order valence-electron chi connectivity index (χ4n) is 1.90. The number of nitrogens with zero attached hydrogens (tertiary/aromatic N) is 2. The molecule has 0 spiro atoms.